The maximum atomic E-state index is 6.25. The van der Waals surface area contributed by atoms with Gasteiger partial charge in [-0.3, -0.25) is 4.98 Å². The normalized spacial score (nSPS) is 22.4. The van der Waals surface area contributed by atoms with Crippen LogP contribution >= 0.6 is 15.9 Å². The van der Waals surface area contributed by atoms with Crippen molar-refractivity contribution < 1.29 is 0 Å². The quantitative estimate of drug-likeness (QED) is 0.906. The highest BCUT2D eigenvalue weighted by Gasteiger charge is 2.32. The lowest BCUT2D eigenvalue weighted by Crippen LogP contribution is -2.34. The van der Waals surface area contributed by atoms with Crippen LogP contribution < -0.4 is 10.6 Å². The van der Waals surface area contributed by atoms with Gasteiger partial charge in [0.05, 0.1) is 23.1 Å². The van der Waals surface area contributed by atoms with Crippen molar-refractivity contribution in [2.45, 2.75) is 13.0 Å². The van der Waals surface area contributed by atoms with Crippen molar-refractivity contribution in [3.8, 4) is 0 Å². The van der Waals surface area contributed by atoms with E-state index in [4.69, 9.17) is 5.73 Å². The van der Waals surface area contributed by atoms with Gasteiger partial charge < -0.3 is 15.5 Å². The summed E-state index contributed by atoms with van der Waals surface area (Å²) in [7, 11) is 4.30. The van der Waals surface area contributed by atoms with Crippen LogP contribution in [0.15, 0.2) is 28.9 Å². The Morgan fingerprint density at radius 1 is 1.33 bits per heavy atom. The topological polar surface area (TPSA) is 45.4 Å². The SMILES string of the molecule is CC1CN(c2c(N)cnc3ccc(Br)cc23)CC1N(C)C. The zero-order valence-electron chi connectivity index (χ0n) is 12.7. The summed E-state index contributed by atoms with van der Waals surface area (Å²) in [6.07, 6.45) is 1.78. The third-order valence-electron chi connectivity index (χ3n) is 4.38. The first-order chi connectivity index (χ1) is 9.97. The zero-order chi connectivity index (χ0) is 15.1. The Morgan fingerprint density at radius 2 is 2.10 bits per heavy atom. The Kier molecular flexibility index (Phi) is 3.80. The summed E-state index contributed by atoms with van der Waals surface area (Å²) in [6.45, 7) is 4.34. The molecule has 0 spiro atoms. The van der Waals surface area contributed by atoms with E-state index in [1.807, 2.05) is 12.1 Å². The number of rotatable bonds is 2. The number of hydrogen-bond donors (Lipinski definition) is 1. The minimum Gasteiger partial charge on any atom is -0.396 e. The van der Waals surface area contributed by atoms with Crippen molar-refractivity contribution >= 4 is 38.2 Å². The Balaban J connectivity index is 2.08. The average molecular weight is 349 g/mol. The maximum absolute atomic E-state index is 6.25. The molecular weight excluding hydrogens is 328 g/mol. The monoisotopic (exact) mass is 348 g/mol. The number of fused-ring (bicyclic) bond motifs is 1. The molecule has 1 saturated heterocycles. The van der Waals surface area contributed by atoms with Gasteiger partial charge in [0, 0.05) is 29.0 Å². The van der Waals surface area contributed by atoms with Crippen molar-refractivity contribution in [3.63, 3.8) is 0 Å². The number of likely N-dealkylation sites (N-methyl/N-ethyl adjacent to an activating group) is 1. The largest absolute Gasteiger partial charge is 0.396 e. The number of halogens is 1. The van der Waals surface area contributed by atoms with Gasteiger partial charge in [-0.1, -0.05) is 22.9 Å². The van der Waals surface area contributed by atoms with Gasteiger partial charge in [-0.2, -0.15) is 0 Å². The molecule has 1 aromatic heterocycles. The number of hydrogen-bond acceptors (Lipinski definition) is 4. The summed E-state index contributed by atoms with van der Waals surface area (Å²) in [4.78, 5) is 9.15. The zero-order valence-corrected chi connectivity index (χ0v) is 14.3. The fourth-order valence-corrected chi connectivity index (χ4v) is 3.68. The van der Waals surface area contributed by atoms with E-state index in [2.05, 4.69) is 57.8 Å². The van der Waals surface area contributed by atoms with E-state index in [1.54, 1.807) is 6.20 Å². The van der Waals surface area contributed by atoms with Gasteiger partial charge in [-0.05, 0) is 38.2 Å². The Hall–Kier alpha value is -1.33. The molecule has 5 heteroatoms. The van der Waals surface area contributed by atoms with Gasteiger partial charge in [-0.25, -0.2) is 0 Å². The van der Waals surface area contributed by atoms with Gasteiger partial charge in [0.25, 0.3) is 0 Å². The molecule has 112 valence electrons. The van der Waals surface area contributed by atoms with E-state index in [0.717, 1.165) is 39.8 Å². The Bertz CT molecular complexity index is 665. The van der Waals surface area contributed by atoms with E-state index in [0.29, 0.717) is 12.0 Å². The third kappa shape index (κ3) is 2.60. The lowest BCUT2D eigenvalue weighted by atomic mass is 10.1. The molecule has 0 aliphatic carbocycles. The van der Waals surface area contributed by atoms with E-state index in [-0.39, 0.29) is 0 Å². The van der Waals surface area contributed by atoms with Crippen LogP contribution in [0.1, 0.15) is 6.92 Å². The molecule has 4 nitrogen and oxygen atoms in total. The minimum atomic E-state index is 0.555. The first-order valence-electron chi connectivity index (χ1n) is 7.22. The maximum Gasteiger partial charge on any atom is 0.0745 e. The number of benzene rings is 1. The van der Waals surface area contributed by atoms with Crippen molar-refractivity contribution in [2.75, 3.05) is 37.8 Å². The van der Waals surface area contributed by atoms with Crippen LogP contribution in [0.25, 0.3) is 10.9 Å². The molecule has 3 rings (SSSR count). The molecule has 0 radical (unpaired) electrons. The minimum absolute atomic E-state index is 0.555. The predicted octanol–water partition coefficient (Wildman–Crippen LogP) is 2.97. The highest BCUT2D eigenvalue weighted by Crippen LogP contribution is 2.36. The number of nitrogens with two attached hydrogens (primary N) is 1. The van der Waals surface area contributed by atoms with Crippen LogP contribution in [0.2, 0.25) is 0 Å². The summed E-state index contributed by atoms with van der Waals surface area (Å²) in [5.41, 5.74) is 9.12. The average Bonchev–Trinajstić information content (AvgIpc) is 2.80. The molecular formula is C16H21BrN4. The lowest BCUT2D eigenvalue weighted by Gasteiger charge is -2.24. The van der Waals surface area contributed by atoms with Crippen molar-refractivity contribution in [1.82, 2.24) is 9.88 Å². The van der Waals surface area contributed by atoms with E-state index in [1.165, 1.54) is 0 Å². The van der Waals surface area contributed by atoms with Crippen LogP contribution in [-0.4, -0.2) is 43.1 Å². The molecule has 1 fully saturated rings. The van der Waals surface area contributed by atoms with Crippen LogP contribution in [0.5, 0.6) is 0 Å². The molecule has 2 aromatic rings. The smallest absolute Gasteiger partial charge is 0.0745 e. The molecule has 1 aliphatic rings. The molecule has 2 unspecified atom stereocenters. The molecule has 0 bridgehead atoms. The van der Waals surface area contributed by atoms with Gasteiger partial charge in [0.15, 0.2) is 0 Å². The molecule has 21 heavy (non-hydrogen) atoms. The summed E-state index contributed by atoms with van der Waals surface area (Å²) in [5.74, 6) is 0.620. The standard InChI is InChI=1S/C16H21BrN4/c1-10-8-21(9-15(10)20(2)3)16-12-6-11(17)4-5-14(12)19-7-13(16)18/h4-7,10,15H,8-9,18H2,1-3H3. The Morgan fingerprint density at radius 3 is 2.76 bits per heavy atom. The van der Waals surface area contributed by atoms with Crippen LogP contribution in [0.4, 0.5) is 11.4 Å². The fourth-order valence-electron chi connectivity index (χ4n) is 3.32. The van der Waals surface area contributed by atoms with E-state index >= 15 is 0 Å². The summed E-state index contributed by atoms with van der Waals surface area (Å²) in [5, 5.41) is 1.12. The van der Waals surface area contributed by atoms with E-state index < -0.39 is 0 Å². The molecule has 0 saturated carbocycles. The first-order valence-corrected chi connectivity index (χ1v) is 8.02. The van der Waals surface area contributed by atoms with Crippen LogP contribution in [0.3, 0.4) is 0 Å². The summed E-state index contributed by atoms with van der Waals surface area (Å²) in [6, 6.07) is 6.72. The van der Waals surface area contributed by atoms with Crippen LogP contribution in [0, 0.1) is 5.92 Å². The number of anilines is 2. The number of pyridine rings is 1. The molecule has 1 aromatic carbocycles. The molecule has 0 amide bonds. The highest BCUT2D eigenvalue weighted by molar-refractivity contribution is 9.10. The first kappa shape index (κ1) is 14.6. The summed E-state index contributed by atoms with van der Waals surface area (Å²) < 4.78 is 1.06. The third-order valence-corrected chi connectivity index (χ3v) is 4.88. The van der Waals surface area contributed by atoms with Crippen molar-refractivity contribution in [2.24, 2.45) is 5.92 Å². The van der Waals surface area contributed by atoms with E-state index in [9.17, 15) is 0 Å². The van der Waals surface area contributed by atoms with Gasteiger partial charge in [-0.15, -0.1) is 0 Å². The molecule has 2 atom stereocenters. The second-order valence-corrected chi connectivity index (χ2v) is 7.05. The second kappa shape index (κ2) is 5.46. The highest BCUT2D eigenvalue weighted by atomic mass is 79.9. The summed E-state index contributed by atoms with van der Waals surface area (Å²) >= 11 is 3.55. The molecule has 2 N–H and O–H groups in total. The number of aromatic nitrogens is 1. The fraction of sp³-hybridized carbons (Fsp3) is 0.438. The lowest BCUT2D eigenvalue weighted by molar-refractivity contribution is 0.266. The van der Waals surface area contributed by atoms with Gasteiger partial charge >= 0.3 is 0 Å². The Labute approximate surface area is 134 Å². The second-order valence-electron chi connectivity index (χ2n) is 6.14. The predicted molar refractivity (Wildman–Crippen MR) is 92.7 cm³/mol. The molecule has 1 aliphatic heterocycles. The van der Waals surface area contributed by atoms with Gasteiger partial charge in [0.1, 0.15) is 0 Å². The van der Waals surface area contributed by atoms with Crippen LogP contribution in [-0.2, 0) is 0 Å². The number of nitrogens with zero attached hydrogens (tertiary/aromatic N) is 3. The number of nitrogen functional groups attached to an aromatic ring is 1. The van der Waals surface area contributed by atoms with Gasteiger partial charge in [0.2, 0.25) is 0 Å². The molecule has 2 heterocycles. The van der Waals surface area contributed by atoms with Crippen molar-refractivity contribution in [3.05, 3.63) is 28.9 Å². The van der Waals surface area contributed by atoms with Crippen molar-refractivity contribution in [1.29, 1.82) is 0 Å².